The molecule has 4 heteroatoms. The van der Waals surface area contributed by atoms with Crippen LogP contribution in [0.5, 0.6) is 11.5 Å². The van der Waals surface area contributed by atoms with Crippen molar-refractivity contribution in [3.8, 4) is 11.5 Å². The van der Waals surface area contributed by atoms with Gasteiger partial charge in [-0.3, -0.25) is 9.59 Å². The van der Waals surface area contributed by atoms with Crippen LogP contribution in [-0.4, -0.2) is 11.9 Å². The summed E-state index contributed by atoms with van der Waals surface area (Å²) in [6, 6.07) is 15.0. The molecule has 0 saturated heterocycles. The molecule has 0 amide bonds. The summed E-state index contributed by atoms with van der Waals surface area (Å²) in [6.07, 6.45) is 0. The molecule has 0 aromatic heterocycles. The van der Waals surface area contributed by atoms with E-state index in [0.29, 0.717) is 16.9 Å². The van der Waals surface area contributed by atoms with Gasteiger partial charge in [0.25, 0.3) is 0 Å². The topological polar surface area (TPSA) is 52.6 Å². The number of hydrogen-bond donors (Lipinski definition) is 0. The Kier molecular flexibility index (Phi) is 3.51. The van der Waals surface area contributed by atoms with E-state index in [0.717, 1.165) is 16.2 Å². The van der Waals surface area contributed by atoms with E-state index in [1.807, 2.05) is 36.4 Å². The maximum atomic E-state index is 11.4. The molecule has 0 N–H and O–H groups in total. The highest BCUT2D eigenvalue weighted by molar-refractivity contribution is 6.13. The normalized spacial score (nSPS) is 10.6. The Hall–Kier alpha value is -2.88. The summed E-state index contributed by atoms with van der Waals surface area (Å²) in [5.41, 5.74) is 0. The first-order valence-corrected chi connectivity index (χ1v) is 6.87. The predicted octanol–water partition coefficient (Wildman–Crippen LogP) is 3.84. The molecule has 0 aliphatic carbocycles. The lowest BCUT2D eigenvalue weighted by Gasteiger charge is -2.13. The van der Waals surface area contributed by atoms with Gasteiger partial charge in [-0.1, -0.05) is 36.4 Å². The monoisotopic (exact) mass is 294 g/mol. The van der Waals surface area contributed by atoms with Crippen LogP contribution in [0, 0.1) is 0 Å². The van der Waals surface area contributed by atoms with E-state index in [2.05, 4.69) is 0 Å². The fraction of sp³-hybridized carbons (Fsp3) is 0.111. The van der Waals surface area contributed by atoms with E-state index in [1.165, 1.54) is 13.8 Å². The molecule has 3 aromatic rings. The van der Waals surface area contributed by atoms with Gasteiger partial charge in [0.2, 0.25) is 0 Å². The Morgan fingerprint density at radius 2 is 1.41 bits per heavy atom. The SMILES string of the molecule is CC(=O)Oc1cccc2c1c(OC(C)=O)cc1ccccc12. The Morgan fingerprint density at radius 3 is 2.14 bits per heavy atom. The number of carbonyl (C=O) groups is 2. The molecule has 0 spiro atoms. The van der Waals surface area contributed by atoms with Crippen LogP contribution in [0.3, 0.4) is 0 Å². The van der Waals surface area contributed by atoms with Gasteiger partial charge in [0.1, 0.15) is 11.5 Å². The molecule has 0 bridgehead atoms. The number of fused-ring (bicyclic) bond motifs is 3. The van der Waals surface area contributed by atoms with Crippen LogP contribution < -0.4 is 9.47 Å². The lowest BCUT2D eigenvalue weighted by Crippen LogP contribution is -2.05. The third-order valence-corrected chi connectivity index (χ3v) is 3.32. The van der Waals surface area contributed by atoms with Crippen molar-refractivity contribution in [3.63, 3.8) is 0 Å². The van der Waals surface area contributed by atoms with Crippen molar-refractivity contribution in [2.24, 2.45) is 0 Å². The van der Waals surface area contributed by atoms with Gasteiger partial charge in [0.15, 0.2) is 0 Å². The maximum Gasteiger partial charge on any atom is 0.308 e. The Balaban J connectivity index is 2.41. The van der Waals surface area contributed by atoms with Crippen molar-refractivity contribution >= 4 is 33.5 Å². The standard InChI is InChI=1S/C18H14O4/c1-11(19)21-16-9-5-8-15-14-7-4-3-6-13(14)10-17(18(15)16)22-12(2)20/h3-10H,1-2H3. The minimum absolute atomic E-state index is 0.381. The summed E-state index contributed by atoms with van der Waals surface area (Å²) in [6.45, 7) is 2.68. The van der Waals surface area contributed by atoms with Crippen LogP contribution in [0.25, 0.3) is 21.5 Å². The van der Waals surface area contributed by atoms with Crippen molar-refractivity contribution in [2.45, 2.75) is 13.8 Å². The van der Waals surface area contributed by atoms with E-state index < -0.39 is 11.9 Å². The quantitative estimate of drug-likeness (QED) is 0.409. The van der Waals surface area contributed by atoms with Gasteiger partial charge >= 0.3 is 11.9 Å². The van der Waals surface area contributed by atoms with E-state index >= 15 is 0 Å². The Bertz CT molecular complexity index is 896. The molecule has 0 saturated carbocycles. The lowest BCUT2D eigenvalue weighted by molar-refractivity contribution is -0.132. The Morgan fingerprint density at radius 1 is 0.773 bits per heavy atom. The molecular weight excluding hydrogens is 280 g/mol. The van der Waals surface area contributed by atoms with Crippen molar-refractivity contribution in [3.05, 3.63) is 48.5 Å². The van der Waals surface area contributed by atoms with Gasteiger partial charge in [-0.05, 0) is 28.3 Å². The van der Waals surface area contributed by atoms with Gasteiger partial charge in [-0.25, -0.2) is 0 Å². The van der Waals surface area contributed by atoms with E-state index in [9.17, 15) is 9.59 Å². The predicted molar refractivity (Wildman–Crippen MR) is 84.1 cm³/mol. The number of esters is 2. The van der Waals surface area contributed by atoms with E-state index in [-0.39, 0.29) is 0 Å². The van der Waals surface area contributed by atoms with Crippen molar-refractivity contribution in [1.82, 2.24) is 0 Å². The molecule has 22 heavy (non-hydrogen) atoms. The first kappa shape index (κ1) is 14.1. The molecule has 110 valence electrons. The second-order valence-electron chi connectivity index (χ2n) is 4.96. The second kappa shape index (κ2) is 5.48. The third kappa shape index (κ3) is 2.51. The molecule has 0 unspecified atom stereocenters. The molecule has 0 heterocycles. The second-order valence-corrected chi connectivity index (χ2v) is 4.96. The summed E-state index contributed by atoms with van der Waals surface area (Å²) in [5.74, 6) is -0.0753. The zero-order valence-corrected chi connectivity index (χ0v) is 12.3. The highest BCUT2D eigenvalue weighted by Crippen LogP contribution is 2.39. The summed E-state index contributed by atoms with van der Waals surface area (Å²) >= 11 is 0. The molecule has 0 fully saturated rings. The molecule has 3 aromatic carbocycles. The fourth-order valence-corrected chi connectivity index (χ4v) is 2.57. The number of hydrogen-bond acceptors (Lipinski definition) is 4. The smallest absolute Gasteiger partial charge is 0.308 e. The van der Waals surface area contributed by atoms with E-state index in [1.54, 1.807) is 12.1 Å². The highest BCUT2D eigenvalue weighted by Gasteiger charge is 2.15. The molecular formula is C18H14O4. The summed E-state index contributed by atoms with van der Waals surface area (Å²) in [4.78, 5) is 22.7. The van der Waals surface area contributed by atoms with Crippen molar-refractivity contribution in [1.29, 1.82) is 0 Å². The summed E-state index contributed by atoms with van der Waals surface area (Å²) in [7, 11) is 0. The number of benzene rings is 3. The lowest BCUT2D eigenvalue weighted by atomic mass is 10.0. The average molecular weight is 294 g/mol. The van der Waals surface area contributed by atoms with Crippen LogP contribution >= 0.6 is 0 Å². The van der Waals surface area contributed by atoms with Gasteiger partial charge in [0.05, 0.1) is 5.39 Å². The minimum Gasteiger partial charge on any atom is -0.426 e. The van der Waals surface area contributed by atoms with Gasteiger partial charge in [-0.2, -0.15) is 0 Å². The van der Waals surface area contributed by atoms with Crippen LogP contribution in [0.15, 0.2) is 48.5 Å². The first-order valence-electron chi connectivity index (χ1n) is 6.87. The number of rotatable bonds is 2. The summed E-state index contributed by atoms with van der Waals surface area (Å²) < 4.78 is 10.6. The van der Waals surface area contributed by atoms with Crippen LogP contribution in [0.4, 0.5) is 0 Å². The van der Waals surface area contributed by atoms with E-state index in [4.69, 9.17) is 9.47 Å². The zero-order valence-electron chi connectivity index (χ0n) is 12.3. The largest absolute Gasteiger partial charge is 0.426 e. The molecule has 0 radical (unpaired) electrons. The van der Waals surface area contributed by atoms with Crippen molar-refractivity contribution in [2.75, 3.05) is 0 Å². The van der Waals surface area contributed by atoms with Crippen LogP contribution in [0.2, 0.25) is 0 Å². The van der Waals surface area contributed by atoms with Gasteiger partial charge in [-0.15, -0.1) is 0 Å². The summed E-state index contributed by atoms with van der Waals surface area (Å²) in [5, 5.41) is 3.44. The Labute approximate surface area is 127 Å². The van der Waals surface area contributed by atoms with Crippen LogP contribution in [0.1, 0.15) is 13.8 Å². The van der Waals surface area contributed by atoms with Gasteiger partial charge in [0, 0.05) is 13.8 Å². The zero-order chi connectivity index (χ0) is 15.7. The average Bonchev–Trinajstić information content (AvgIpc) is 2.46. The molecule has 0 atom stereocenters. The molecule has 0 aliphatic heterocycles. The minimum atomic E-state index is -0.422. The van der Waals surface area contributed by atoms with Gasteiger partial charge < -0.3 is 9.47 Å². The van der Waals surface area contributed by atoms with Crippen molar-refractivity contribution < 1.29 is 19.1 Å². The highest BCUT2D eigenvalue weighted by atomic mass is 16.5. The molecule has 0 aliphatic rings. The maximum absolute atomic E-state index is 11.4. The number of carbonyl (C=O) groups excluding carboxylic acids is 2. The molecule has 3 rings (SSSR count). The molecule has 4 nitrogen and oxygen atoms in total. The number of ether oxygens (including phenoxy) is 2. The van der Waals surface area contributed by atoms with Crippen LogP contribution in [-0.2, 0) is 9.59 Å². The third-order valence-electron chi connectivity index (χ3n) is 3.32. The fourth-order valence-electron chi connectivity index (χ4n) is 2.57. The first-order chi connectivity index (χ1) is 10.6.